The number of nitrogens with zero attached hydrogens (tertiary/aromatic N) is 3. The monoisotopic (exact) mass is 456 g/mol. The van der Waals surface area contributed by atoms with E-state index >= 15 is 0 Å². The Morgan fingerprint density at radius 2 is 2.14 bits per heavy atom. The summed E-state index contributed by atoms with van der Waals surface area (Å²) in [5.74, 6) is 2.63. The van der Waals surface area contributed by atoms with Crippen LogP contribution in [0.3, 0.4) is 0 Å². The van der Waals surface area contributed by atoms with Crippen molar-refractivity contribution in [1.82, 2.24) is 4.90 Å². The van der Waals surface area contributed by atoms with Crippen molar-refractivity contribution in [2.45, 2.75) is 6.42 Å². The lowest BCUT2D eigenvalue weighted by Gasteiger charge is -2.27. The zero-order valence-electron chi connectivity index (χ0n) is 11.9. The molecule has 122 valence electrons. The van der Waals surface area contributed by atoms with Gasteiger partial charge in [-0.3, -0.25) is 15.1 Å². The third kappa shape index (κ3) is 5.47. The first-order valence-corrected chi connectivity index (χ1v) is 8.16. The van der Waals surface area contributed by atoms with Crippen LogP contribution in [0.5, 0.6) is 0 Å². The number of hydrogen-bond acceptors (Lipinski definition) is 4. The Kier molecular flexibility index (Phi) is 8.26. The number of rotatable bonds is 4. The van der Waals surface area contributed by atoms with E-state index < -0.39 is 4.92 Å². The third-order valence-corrected chi connectivity index (χ3v) is 4.41. The first kappa shape index (κ1) is 19.3. The van der Waals surface area contributed by atoms with Crippen LogP contribution in [-0.4, -0.2) is 46.9 Å². The maximum absolute atomic E-state index is 11.0. The molecule has 6 nitrogen and oxygen atoms in total. The Morgan fingerprint density at radius 3 is 2.77 bits per heavy atom. The zero-order chi connectivity index (χ0) is 15.2. The lowest BCUT2D eigenvalue weighted by atomic mass is 10.1. The fourth-order valence-electron chi connectivity index (χ4n) is 2.10. The van der Waals surface area contributed by atoms with Crippen LogP contribution >= 0.6 is 47.3 Å². The second-order valence-corrected chi connectivity index (χ2v) is 6.28. The molecule has 2 rings (SSSR count). The molecule has 1 aliphatic rings. The third-order valence-electron chi connectivity index (χ3n) is 3.23. The SMILES string of the molecule is I.NC(=NCCc1ccc(Cl)cc1[N+](=O)[O-])N1CCSCC1. The summed E-state index contributed by atoms with van der Waals surface area (Å²) in [5.41, 5.74) is 6.60. The molecule has 1 heterocycles. The highest BCUT2D eigenvalue weighted by atomic mass is 127. The summed E-state index contributed by atoms with van der Waals surface area (Å²) in [6.07, 6.45) is 0.469. The van der Waals surface area contributed by atoms with E-state index in [9.17, 15) is 10.1 Å². The molecule has 0 amide bonds. The second-order valence-electron chi connectivity index (χ2n) is 4.62. The molecule has 0 unspecified atom stereocenters. The van der Waals surface area contributed by atoms with Gasteiger partial charge < -0.3 is 10.6 Å². The van der Waals surface area contributed by atoms with Crippen molar-refractivity contribution in [3.05, 3.63) is 38.9 Å². The number of halogens is 2. The van der Waals surface area contributed by atoms with Gasteiger partial charge in [0, 0.05) is 47.8 Å². The number of nitrogens with two attached hydrogens (primary N) is 1. The number of guanidine groups is 1. The van der Waals surface area contributed by atoms with E-state index in [1.807, 2.05) is 16.7 Å². The van der Waals surface area contributed by atoms with Gasteiger partial charge in [-0.2, -0.15) is 11.8 Å². The van der Waals surface area contributed by atoms with Crippen LogP contribution in [0.25, 0.3) is 0 Å². The lowest BCUT2D eigenvalue weighted by molar-refractivity contribution is -0.385. The van der Waals surface area contributed by atoms with Crippen molar-refractivity contribution in [3.8, 4) is 0 Å². The molecule has 1 aromatic rings. The smallest absolute Gasteiger partial charge is 0.274 e. The molecule has 22 heavy (non-hydrogen) atoms. The quantitative estimate of drug-likeness (QED) is 0.248. The van der Waals surface area contributed by atoms with Crippen molar-refractivity contribution in [2.75, 3.05) is 31.1 Å². The van der Waals surface area contributed by atoms with Crippen LogP contribution in [0.2, 0.25) is 5.02 Å². The van der Waals surface area contributed by atoms with Gasteiger partial charge in [0.15, 0.2) is 5.96 Å². The highest BCUT2D eigenvalue weighted by molar-refractivity contribution is 14.0. The average Bonchev–Trinajstić information content (AvgIpc) is 2.49. The Balaban J connectivity index is 0.00000242. The number of aliphatic imine (C=N–C) groups is 1. The number of nitro groups is 1. The number of nitro benzene ring substituents is 1. The molecule has 1 aromatic carbocycles. The van der Waals surface area contributed by atoms with Crippen LogP contribution < -0.4 is 5.73 Å². The van der Waals surface area contributed by atoms with Gasteiger partial charge in [0.05, 0.1) is 4.92 Å². The summed E-state index contributed by atoms with van der Waals surface area (Å²) in [4.78, 5) is 16.9. The lowest BCUT2D eigenvalue weighted by Crippen LogP contribution is -2.42. The highest BCUT2D eigenvalue weighted by Crippen LogP contribution is 2.23. The van der Waals surface area contributed by atoms with Crippen LogP contribution in [-0.2, 0) is 6.42 Å². The highest BCUT2D eigenvalue weighted by Gasteiger charge is 2.15. The van der Waals surface area contributed by atoms with Gasteiger partial charge in [0.2, 0.25) is 0 Å². The van der Waals surface area contributed by atoms with E-state index in [2.05, 4.69) is 4.99 Å². The van der Waals surface area contributed by atoms with Crippen LogP contribution in [0.1, 0.15) is 5.56 Å². The average molecular weight is 457 g/mol. The molecule has 9 heteroatoms. The predicted octanol–water partition coefficient (Wildman–Crippen LogP) is 2.77. The Hall–Kier alpha value is -0.740. The minimum absolute atomic E-state index is 0. The van der Waals surface area contributed by atoms with E-state index in [1.54, 1.807) is 12.1 Å². The van der Waals surface area contributed by atoms with Crippen molar-refractivity contribution in [3.63, 3.8) is 0 Å². The summed E-state index contributed by atoms with van der Waals surface area (Å²) in [5, 5.41) is 11.4. The maximum Gasteiger partial charge on any atom is 0.274 e. The fraction of sp³-hybridized carbons (Fsp3) is 0.462. The molecule has 0 aromatic heterocycles. The standard InChI is InChI=1S/C13H17ClN4O2S.HI/c14-11-2-1-10(12(9-11)18(19)20)3-4-16-13(15)17-5-7-21-8-6-17;/h1-2,9H,3-8H2,(H2,15,16);1H. The minimum Gasteiger partial charge on any atom is -0.370 e. The Bertz CT molecular complexity index is 553. The van der Waals surface area contributed by atoms with Crippen molar-refractivity contribution >= 4 is 59.0 Å². The molecular formula is C13H18ClIN4O2S. The Labute approximate surface area is 155 Å². The van der Waals surface area contributed by atoms with Crippen LogP contribution in [0.15, 0.2) is 23.2 Å². The molecular weight excluding hydrogens is 439 g/mol. The summed E-state index contributed by atoms with van der Waals surface area (Å²) in [6, 6.07) is 4.69. The van der Waals surface area contributed by atoms with E-state index in [0.29, 0.717) is 29.5 Å². The van der Waals surface area contributed by atoms with Gasteiger partial charge in [-0.1, -0.05) is 17.7 Å². The normalized spacial score (nSPS) is 15.3. The maximum atomic E-state index is 11.0. The number of thioether (sulfide) groups is 1. The molecule has 0 spiro atoms. The van der Waals surface area contributed by atoms with E-state index in [1.165, 1.54) is 6.07 Å². The van der Waals surface area contributed by atoms with Crippen molar-refractivity contribution < 1.29 is 4.92 Å². The molecule has 1 aliphatic heterocycles. The molecule has 0 saturated carbocycles. The fourth-order valence-corrected chi connectivity index (χ4v) is 3.17. The molecule has 0 radical (unpaired) electrons. The number of benzene rings is 1. The summed E-state index contributed by atoms with van der Waals surface area (Å²) < 4.78 is 0. The van der Waals surface area contributed by atoms with E-state index in [-0.39, 0.29) is 29.7 Å². The van der Waals surface area contributed by atoms with Crippen molar-refractivity contribution in [2.24, 2.45) is 10.7 Å². The zero-order valence-corrected chi connectivity index (χ0v) is 15.8. The molecule has 1 saturated heterocycles. The number of hydrogen-bond donors (Lipinski definition) is 1. The molecule has 0 atom stereocenters. The van der Waals surface area contributed by atoms with Gasteiger partial charge in [-0.15, -0.1) is 24.0 Å². The molecule has 0 aliphatic carbocycles. The van der Waals surface area contributed by atoms with Crippen LogP contribution in [0.4, 0.5) is 5.69 Å². The molecule has 2 N–H and O–H groups in total. The summed E-state index contributed by atoms with van der Waals surface area (Å²) >= 11 is 7.69. The van der Waals surface area contributed by atoms with Crippen LogP contribution in [0, 0.1) is 10.1 Å². The van der Waals surface area contributed by atoms with Gasteiger partial charge in [0.25, 0.3) is 5.69 Å². The first-order chi connectivity index (χ1) is 10.1. The first-order valence-electron chi connectivity index (χ1n) is 6.63. The van der Waals surface area contributed by atoms with E-state index in [4.69, 9.17) is 17.3 Å². The summed E-state index contributed by atoms with van der Waals surface area (Å²) in [7, 11) is 0. The predicted molar refractivity (Wildman–Crippen MR) is 103 cm³/mol. The Morgan fingerprint density at radius 1 is 1.45 bits per heavy atom. The summed E-state index contributed by atoms with van der Waals surface area (Å²) in [6.45, 7) is 2.24. The van der Waals surface area contributed by atoms with Gasteiger partial charge >= 0.3 is 0 Å². The topological polar surface area (TPSA) is 84.8 Å². The van der Waals surface area contributed by atoms with Gasteiger partial charge in [0.1, 0.15) is 0 Å². The molecule has 0 bridgehead atoms. The van der Waals surface area contributed by atoms with E-state index in [0.717, 1.165) is 24.6 Å². The van der Waals surface area contributed by atoms with Gasteiger partial charge in [-0.25, -0.2) is 0 Å². The molecule has 1 fully saturated rings. The van der Waals surface area contributed by atoms with Gasteiger partial charge in [-0.05, 0) is 12.5 Å². The second kappa shape index (κ2) is 9.41. The van der Waals surface area contributed by atoms with Crippen molar-refractivity contribution in [1.29, 1.82) is 0 Å². The minimum atomic E-state index is -0.420. The largest absolute Gasteiger partial charge is 0.370 e.